The van der Waals surface area contributed by atoms with E-state index in [4.69, 9.17) is 24.5 Å². The number of ether oxygens (including phenoxy) is 1. The zero-order valence-corrected chi connectivity index (χ0v) is 16.7. The molecule has 152 valence electrons. The van der Waals surface area contributed by atoms with Crippen molar-refractivity contribution in [2.24, 2.45) is 5.92 Å². The fraction of sp³-hybridized carbons (Fsp3) is 0.619. The highest BCUT2D eigenvalue weighted by Crippen LogP contribution is 2.21. The lowest BCUT2D eigenvalue weighted by Gasteiger charge is -2.16. The minimum Gasteiger partial charge on any atom is -0.493 e. The Bertz CT molecular complexity index is 558. The Morgan fingerprint density at radius 2 is 1.78 bits per heavy atom. The largest absolute Gasteiger partial charge is 0.493 e. The molecule has 1 fully saturated rings. The Labute approximate surface area is 162 Å². The standard InChI is InChI=1S/C19H31NO.C2H2O4/c1-4-5-6-12-20-13-11-17(14-20)15-21-19-9-7-18(8-10-19)16(2)3;3-1(4)2(5)6/h7-10,16-17H,4-6,11-15H2,1-3H3;(H,3,4)(H,5,6). The Morgan fingerprint density at radius 3 is 2.30 bits per heavy atom. The normalized spacial score (nSPS) is 16.7. The molecule has 1 heterocycles. The summed E-state index contributed by atoms with van der Waals surface area (Å²) in [7, 11) is 0. The highest BCUT2D eigenvalue weighted by molar-refractivity contribution is 6.27. The first-order valence-corrected chi connectivity index (χ1v) is 9.74. The van der Waals surface area contributed by atoms with Crippen LogP contribution in [0.2, 0.25) is 0 Å². The highest BCUT2D eigenvalue weighted by Gasteiger charge is 2.22. The summed E-state index contributed by atoms with van der Waals surface area (Å²) < 4.78 is 5.97. The molecular weight excluding hydrogens is 346 g/mol. The first-order chi connectivity index (χ1) is 12.8. The summed E-state index contributed by atoms with van der Waals surface area (Å²) in [5, 5.41) is 14.8. The maximum absolute atomic E-state index is 9.10. The van der Waals surface area contributed by atoms with Crippen LogP contribution in [0.15, 0.2) is 24.3 Å². The zero-order chi connectivity index (χ0) is 20.2. The Morgan fingerprint density at radius 1 is 1.15 bits per heavy atom. The quantitative estimate of drug-likeness (QED) is 0.527. The lowest BCUT2D eigenvalue weighted by atomic mass is 10.0. The summed E-state index contributed by atoms with van der Waals surface area (Å²) >= 11 is 0. The monoisotopic (exact) mass is 379 g/mol. The van der Waals surface area contributed by atoms with Crippen molar-refractivity contribution >= 4 is 11.9 Å². The molecule has 0 aliphatic carbocycles. The highest BCUT2D eigenvalue weighted by atomic mass is 16.5. The lowest BCUT2D eigenvalue weighted by molar-refractivity contribution is -0.159. The Kier molecular flexibility index (Phi) is 10.5. The fourth-order valence-electron chi connectivity index (χ4n) is 3.00. The maximum Gasteiger partial charge on any atom is 0.414 e. The summed E-state index contributed by atoms with van der Waals surface area (Å²) in [5.74, 6) is -1.34. The third-order valence-electron chi connectivity index (χ3n) is 4.66. The summed E-state index contributed by atoms with van der Waals surface area (Å²) in [5.41, 5.74) is 1.38. The van der Waals surface area contributed by atoms with Crippen LogP contribution in [0.3, 0.4) is 0 Å². The third-order valence-corrected chi connectivity index (χ3v) is 4.66. The molecule has 0 spiro atoms. The molecule has 1 atom stereocenters. The first-order valence-electron chi connectivity index (χ1n) is 9.74. The first kappa shape index (κ1) is 23.0. The van der Waals surface area contributed by atoms with E-state index in [2.05, 4.69) is 49.9 Å². The average molecular weight is 379 g/mol. The average Bonchev–Trinajstić information content (AvgIpc) is 3.09. The van der Waals surface area contributed by atoms with Gasteiger partial charge >= 0.3 is 11.9 Å². The molecular formula is C21H33NO5. The summed E-state index contributed by atoms with van der Waals surface area (Å²) in [6.45, 7) is 11.3. The van der Waals surface area contributed by atoms with Gasteiger partial charge in [0, 0.05) is 12.5 Å². The number of carboxylic acids is 2. The van der Waals surface area contributed by atoms with Crippen LogP contribution in [-0.2, 0) is 9.59 Å². The molecule has 0 saturated carbocycles. The number of nitrogens with zero attached hydrogens (tertiary/aromatic N) is 1. The van der Waals surface area contributed by atoms with Crippen LogP contribution in [0.25, 0.3) is 0 Å². The molecule has 1 saturated heterocycles. The van der Waals surface area contributed by atoms with Gasteiger partial charge in [0.15, 0.2) is 0 Å². The Hall–Kier alpha value is -2.08. The lowest BCUT2D eigenvalue weighted by Crippen LogP contribution is -2.23. The molecule has 2 rings (SSSR count). The van der Waals surface area contributed by atoms with Crippen molar-refractivity contribution in [1.29, 1.82) is 0 Å². The van der Waals surface area contributed by atoms with Gasteiger partial charge in [0.1, 0.15) is 5.75 Å². The molecule has 27 heavy (non-hydrogen) atoms. The third kappa shape index (κ3) is 9.43. The van der Waals surface area contributed by atoms with E-state index in [0.29, 0.717) is 11.8 Å². The van der Waals surface area contributed by atoms with Gasteiger partial charge in [-0.25, -0.2) is 9.59 Å². The van der Waals surface area contributed by atoms with E-state index in [1.165, 1.54) is 50.9 Å². The van der Waals surface area contributed by atoms with Gasteiger partial charge in [0.2, 0.25) is 0 Å². The van der Waals surface area contributed by atoms with Crippen molar-refractivity contribution in [2.75, 3.05) is 26.2 Å². The van der Waals surface area contributed by atoms with Crippen molar-refractivity contribution in [3.05, 3.63) is 29.8 Å². The predicted molar refractivity (Wildman–Crippen MR) is 105 cm³/mol. The van der Waals surface area contributed by atoms with Gasteiger partial charge < -0.3 is 19.8 Å². The number of benzene rings is 1. The van der Waals surface area contributed by atoms with E-state index >= 15 is 0 Å². The van der Waals surface area contributed by atoms with E-state index in [0.717, 1.165) is 12.4 Å². The number of hydrogen-bond acceptors (Lipinski definition) is 4. The number of likely N-dealkylation sites (tertiary alicyclic amines) is 1. The van der Waals surface area contributed by atoms with Crippen LogP contribution in [-0.4, -0.2) is 53.3 Å². The molecule has 2 N–H and O–H groups in total. The van der Waals surface area contributed by atoms with E-state index in [-0.39, 0.29) is 0 Å². The minimum absolute atomic E-state index is 0.588. The summed E-state index contributed by atoms with van der Waals surface area (Å²) in [6.07, 6.45) is 5.31. The Balaban J connectivity index is 0.000000527. The number of hydrogen-bond donors (Lipinski definition) is 2. The number of unbranched alkanes of at least 4 members (excludes halogenated alkanes) is 2. The van der Waals surface area contributed by atoms with Crippen LogP contribution in [0.1, 0.15) is 57.9 Å². The van der Waals surface area contributed by atoms with Gasteiger partial charge in [-0.2, -0.15) is 0 Å². The van der Waals surface area contributed by atoms with Gasteiger partial charge in [-0.1, -0.05) is 45.7 Å². The van der Waals surface area contributed by atoms with Crippen LogP contribution < -0.4 is 4.74 Å². The zero-order valence-electron chi connectivity index (χ0n) is 16.7. The summed E-state index contributed by atoms with van der Waals surface area (Å²) in [4.78, 5) is 20.8. The number of rotatable bonds is 8. The van der Waals surface area contributed by atoms with Gasteiger partial charge in [-0.05, 0) is 49.5 Å². The van der Waals surface area contributed by atoms with Gasteiger partial charge in [-0.3, -0.25) is 0 Å². The van der Waals surface area contributed by atoms with Crippen molar-refractivity contribution in [3.8, 4) is 5.75 Å². The predicted octanol–water partition coefficient (Wildman–Crippen LogP) is 3.86. The second-order valence-corrected chi connectivity index (χ2v) is 7.31. The van der Waals surface area contributed by atoms with Gasteiger partial charge in [-0.15, -0.1) is 0 Å². The second-order valence-electron chi connectivity index (χ2n) is 7.31. The van der Waals surface area contributed by atoms with E-state index < -0.39 is 11.9 Å². The molecule has 1 aromatic carbocycles. The molecule has 1 aliphatic rings. The van der Waals surface area contributed by atoms with Crippen molar-refractivity contribution in [2.45, 2.75) is 52.4 Å². The van der Waals surface area contributed by atoms with Crippen LogP contribution in [0, 0.1) is 5.92 Å². The smallest absolute Gasteiger partial charge is 0.414 e. The van der Waals surface area contributed by atoms with Crippen LogP contribution in [0.5, 0.6) is 5.75 Å². The number of carbonyl (C=O) groups is 2. The van der Waals surface area contributed by atoms with E-state index in [1.807, 2.05) is 0 Å². The second kappa shape index (κ2) is 12.3. The molecule has 1 aliphatic heterocycles. The van der Waals surface area contributed by atoms with Gasteiger partial charge in [0.25, 0.3) is 0 Å². The SMILES string of the molecule is CCCCCN1CCC(COc2ccc(C(C)C)cc2)C1.O=C(O)C(=O)O. The number of aliphatic carboxylic acids is 2. The number of carboxylic acid groups (broad SMARTS) is 2. The maximum atomic E-state index is 9.10. The molecule has 6 nitrogen and oxygen atoms in total. The fourth-order valence-corrected chi connectivity index (χ4v) is 3.00. The van der Waals surface area contributed by atoms with Crippen molar-refractivity contribution < 1.29 is 24.5 Å². The topological polar surface area (TPSA) is 87.1 Å². The van der Waals surface area contributed by atoms with E-state index in [9.17, 15) is 0 Å². The van der Waals surface area contributed by atoms with Crippen LogP contribution in [0.4, 0.5) is 0 Å². The molecule has 0 bridgehead atoms. The van der Waals surface area contributed by atoms with Crippen LogP contribution >= 0.6 is 0 Å². The molecule has 0 amide bonds. The molecule has 0 aromatic heterocycles. The van der Waals surface area contributed by atoms with Gasteiger partial charge in [0.05, 0.1) is 6.61 Å². The van der Waals surface area contributed by atoms with E-state index in [1.54, 1.807) is 0 Å². The van der Waals surface area contributed by atoms with Crippen molar-refractivity contribution in [3.63, 3.8) is 0 Å². The van der Waals surface area contributed by atoms with Crippen molar-refractivity contribution in [1.82, 2.24) is 4.90 Å². The summed E-state index contributed by atoms with van der Waals surface area (Å²) in [6, 6.07) is 8.60. The molecule has 6 heteroatoms. The molecule has 1 aromatic rings. The minimum atomic E-state index is -1.82. The molecule has 0 radical (unpaired) electrons. The molecule has 1 unspecified atom stereocenters.